The van der Waals surface area contributed by atoms with E-state index >= 15 is 0 Å². The van der Waals surface area contributed by atoms with Crippen molar-refractivity contribution < 1.29 is 0 Å². The van der Waals surface area contributed by atoms with Crippen LogP contribution in [0.25, 0.3) is 0 Å². The van der Waals surface area contributed by atoms with Gasteiger partial charge in [0.15, 0.2) is 0 Å². The first-order valence-electron chi connectivity index (χ1n) is 7.92. The van der Waals surface area contributed by atoms with E-state index in [2.05, 4.69) is 47.4 Å². The van der Waals surface area contributed by atoms with Crippen molar-refractivity contribution in [3.63, 3.8) is 0 Å². The predicted octanol–water partition coefficient (Wildman–Crippen LogP) is 1.86. The van der Waals surface area contributed by atoms with E-state index < -0.39 is 0 Å². The number of nitrogens with zero attached hydrogens (tertiary/aromatic N) is 2. The van der Waals surface area contributed by atoms with Crippen molar-refractivity contribution in [2.45, 2.75) is 38.4 Å². The van der Waals surface area contributed by atoms with Crippen LogP contribution in [0.5, 0.6) is 0 Å². The molecule has 2 aliphatic rings. The van der Waals surface area contributed by atoms with Gasteiger partial charge in [-0.1, -0.05) is 18.2 Å². The summed E-state index contributed by atoms with van der Waals surface area (Å²) in [5.74, 6) is 0. The first kappa shape index (κ1) is 14.1. The molecule has 110 valence electrons. The highest BCUT2D eigenvalue weighted by atomic mass is 15.2. The highest BCUT2D eigenvalue weighted by molar-refractivity contribution is 5.33. The molecular formula is C17H27N3. The lowest BCUT2D eigenvalue weighted by molar-refractivity contribution is 0.139. The Morgan fingerprint density at radius 3 is 2.85 bits per heavy atom. The molecule has 0 unspecified atom stereocenters. The highest BCUT2D eigenvalue weighted by Gasteiger charge is 2.20. The van der Waals surface area contributed by atoms with Crippen molar-refractivity contribution in [3.05, 3.63) is 34.9 Å². The Labute approximate surface area is 123 Å². The summed E-state index contributed by atoms with van der Waals surface area (Å²) in [6, 6.07) is 7.83. The average Bonchev–Trinajstić information content (AvgIpc) is 2.48. The van der Waals surface area contributed by atoms with E-state index in [0.717, 1.165) is 25.7 Å². The summed E-state index contributed by atoms with van der Waals surface area (Å²) in [7, 11) is 4.51. The molecule has 1 aromatic carbocycles. The minimum absolute atomic E-state index is 0.750. The minimum atomic E-state index is 0.750. The molecule has 1 saturated heterocycles. The van der Waals surface area contributed by atoms with Gasteiger partial charge in [-0.2, -0.15) is 0 Å². The number of likely N-dealkylation sites (tertiary alicyclic amines) is 1. The summed E-state index contributed by atoms with van der Waals surface area (Å²) in [5, 5.41) is 3.47. The van der Waals surface area contributed by atoms with Crippen LogP contribution in [0.1, 0.15) is 29.5 Å². The maximum atomic E-state index is 3.47. The second-order valence-corrected chi connectivity index (χ2v) is 6.48. The van der Waals surface area contributed by atoms with E-state index in [-0.39, 0.29) is 0 Å². The maximum Gasteiger partial charge on any atom is 0.0233 e. The van der Waals surface area contributed by atoms with E-state index in [0.29, 0.717) is 0 Å². The second-order valence-electron chi connectivity index (χ2n) is 6.48. The topological polar surface area (TPSA) is 18.5 Å². The number of fused-ring (bicyclic) bond motifs is 1. The van der Waals surface area contributed by atoms with Crippen LogP contribution in [0, 0.1) is 0 Å². The molecular weight excluding hydrogens is 246 g/mol. The molecule has 3 nitrogen and oxygen atoms in total. The molecule has 0 atom stereocenters. The molecule has 1 fully saturated rings. The van der Waals surface area contributed by atoms with Gasteiger partial charge in [0.2, 0.25) is 0 Å². The van der Waals surface area contributed by atoms with Gasteiger partial charge >= 0.3 is 0 Å². The van der Waals surface area contributed by atoms with Gasteiger partial charge in [-0.25, -0.2) is 0 Å². The monoisotopic (exact) mass is 273 g/mol. The van der Waals surface area contributed by atoms with Gasteiger partial charge in [-0.15, -0.1) is 0 Å². The average molecular weight is 273 g/mol. The zero-order valence-corrected chi connectivity index (χ0v) is 12.9. The molecule has 2 heterocycles. The standard InChI is InChI=1S/C17H27N3/c1-19-9-6-17(7-10-19)20(2)13-14-3-4-15-5-8-18-12-16(15)11-14/h3-4,11,17-18H,5-10,12-13H2,1-2H3. The maximum absolute atomic E-state index is 3.47. The van der Waals surface area contributed by atoms with Crippen LogP contribution >= 0.6 is 0 Å². The number of piperidine rings is 1. The molecule has 2 aliphatic heterocycles. The Kier molecular flexibility index (Phi) is 4.39. The van der Waals surface area contributed by atoms with Gasteiger partial charge in [0.25, 0.3) is 0 Å². The summed E-state index contributed by atoms with van der Waals surface area (Å²) >= 11 is 0. The van der Waals surface area contributed by atoms with Gasteiger partial charge in [0.05, 0.1) is 0 Å². The molecule has 0 radical (unpaired) electrons. The summed E-state index contributed by atoms with van der Waals surface area (Å²) < 4.78 is 0. The molecule has 3 rings (SSSR count). The summed E-state index contributed by atoms with van der Waals surface area (Å²) in [4.78, 5) is 4.99. The number of benzene rings is 1. The van der Waals surface area contributed by atoms with E-state index in [1.807, 2.05) is 0 Å². The number of nitrogens with one attached hydrogen (secondary N) is 1. The lowest BCUT2D eigenvalue weighted by Gasteiger charge is -2.35. The van der Waals surface area contributed by atoms with Crippen LogP contribution in [-0.4, -0.2) is 49.6 Å². The zero-order chi connectivity index (χ0) is 13.9. The van der Waals surface area contributed by atoms with Crippen molar-refractivity contribution in [3.8, 4) is 0 Å². The molecule has 1 N–H and O–H groups in total. The molecule has 1 aromatic rings. The SMILES string of the molecule is CN1CCC(N(C)Cc2ccc3c(c2)CNCC3)CC1. The van der Waals surface area contributed by atoms with E-state index in [1.54, 1.807) is 0 Å². The first-order valence-corrected chi connectivity index (χ1v) is 7.92. The van der Waals surface area contributed by atoms with Gasteiger partial charge in [0, 0.05) is 19.1 Å². The van der Waals surface area contributed by atoms with Crippen LogP contribution < -0.4 is 5.32 Å². The number of rotatable bonds is 3. The van der Waals surface area contributed by atoms with Crippen LogP contribution in [0.15, 0.2) is 18.2 Å². The minimum Gasteiger partial charge on any atom is -0.312 e. The number of hydrogen-bond acceptors (Lipinski definition) is 3. The van der Waals surface area contributed by atoms with E-state index in [4.69, 9.17) is 0 Å². The summed E-state index contributed by atoms with van der Waals surface area (Å²) in [5.41, 5.74) is 4.51. The largest absolute Gasteiger partial charge is 0.312 e. The summed E-state index contributed by atoms with van der Waals surface area (Å²) in [6.07, 6.45) is 3.79. The van der Waals surface area contributed by atoms with E-state index in [9.17, 15) is 0 Å². The third-order valence-corrected chi connectivity index (χ3v) is 4.90. The van der Waals surface area contributed by atoms with Crippen LogP contribution in [0.3, 0.4) is 0 Å². The van der Waals surface area contributed by atoms with Crippen molar-refractivity contribution in [1.29, 1.82) is 0 Å². The third kappa shape index (κ3) is 3.22. The number of hydrogen-bond donors (Lipinski definition) is 1. The van der Waals surface area contributed by atoms with Gasteiger partial charge in [0.1, 0.15) is 0 Å². The lowest BCUT2D eigenvalue weighted by Crippen LogP contribution is -2.41. The lowest BCUT2D eigenvalue weighted by atomic mass is 9.97. The molecule has 3 heteroatoms. The third-order valence-electron chi connectivity index (χ3n) is 4.90. The van der Waals surface area contributed by atoms with Gasteiger partial charge in [-0.05, 0) is 69.7 Å². The van der Waals surface area contributed by atoms with E-state index in [1.165, 1.54) is 49.0 Å². The molecule has 0 saturated carbocycles. The van der Waals surface area contributed by atoms with Gasteiger partial charge in [-0.3, -0.25) is 4.90 Å². The van der Waals surface area contributed by atoms with Crippen LogP contribution in [0.2, 0.25) is 0 Å². The normalized spacial score (nSPS) is 21.1. The molecule has 0 amide bonds. The highest BCUT2D eigenvalue weighted by Crippen LogP contribution is 2.20. The summed E-state index contributed by atoms with van der Waals surface area (Å²) in [6.45, 7) is 5.73. The Balaban J connectivity index is 1.62. The Bertz CT molecular complexity index is 450. The fourth-order valence-corrected chi connectivity index (χ4v) is 3.48. The molecule has 0 spiro atoms. The Morgan fingerprint density at radius 1 is 1.25 bits per heavy atom. The van der Waals surface area contributed by atoms with Crippen LogP contribution in [0.4, 0.5) is 0 Å². The predicted molar refractivity (Wildman–Crippen MR) is 83.8 cm³/mol. The van der Waals surface area contributed by atoms with Crippen molar-refractivity contribution in [1.82, 2.24) is 15.1 Å². The second kappa shape index (κ2) is 6.25. The fourth-order valence-electron chi connectivity index (χ4n) is 3.48. The smallest absolute Gasteiger partial charge is 0.0233 e. The van der Waals surface area contributed by atoms with Crippen molar-refractivity contribution >= 4 is 0 Å². The van der Waals surface area contributed by atoms with Crippen molar-refractivity contribution in [2.75, 3.05) is 33.7 Å². The van der Waals surface area contributed by atoms with Gasteiger partial charge < -0.3 is 10.2 Å². The molecule has 0 aliphatic carbocycles. The van der Waals surface area contributed by atoms with Crippen molar-refractivity contribution in [2.24, 2.45) is 0 Å². The Morgan fingerprint density at radius 2 is 2.05 bits per heavy atom. The molecule has 20 heavy (non-hydrogen) atoms. The first-order chi connectivity index (χ1) is 9.72. The zero-order valence-electron chi connectivity index (χ0n) is 12.9. The fraction of sp³-hybridized carbons (Fsp3) is 0.647. The molecule has 0 aromatic heterocycles. The van der Waals surface area contributed by atoms with Crippen LogP contribution in [-0.2, 0) is 19.5 Å². The quantitative estimate of drug-likeness (QED) is 0.907. The Hall–Kier alpha value is -0.900. The molecule has 0 bridgehead atoms.